The SMILES string of the molecule is CC(C)=CCC/C(C)=C/CC/C(C)=C/CC/C=C(\C)CC/C=C(\C)SCC1OC1(C)C. The van der Waals surface area contributed by atoms with E-state index in [2.05, 4.69) is 85.8 Å². The molecule has 176 valence electrons. The van der Waals surface area contributed by atoms with Crippen molar-refractivity contribution in [2.75, 3.05) is 5.75 Å². The Morgan fingerprint density at radius 2 is 1.10 bits per heavy atom. The highest BCUT2D eigenvalue weighted by Gasteiger charge is 2.47. The highest BCUT2D eigenvalue weighted by Crippen LogP contribution is 2.38. The van der Waals surface area contributed by atoms with Crippen LogP contribution >= 0.6 is 11.8 Å². The van der Waals surface area contributed by atoms with Gasteiger partial charge in [-0.3, -0.25) is 0 Å². The van der Waals surface area contributed by atoms with Gasteiger partial charge in [0.2, 0.25) is 0 Å². The van der Waals surface area contributed by atoms with E-state index in [0.29, 0.717) is 6.10 Å². The van der Waals surface area contributed by atoms with Gasteiger partial charge in [-0.1, -0.05) is 52.7 Å². The van der Waals surface area contributed by atoms with Gasteiger partial charge in [0, 0.05) is 5.75 Å². The fourth-order valence-corrected chi connectivity index (χ4v) is 4.56. The minimum atomic E-state index is 0.111. The van der Waals surface area contributed by atoms with Gasteiger partial charge in [0.25, 0.3) is 0 Å². The Morgan fingerprint density at radius 1 is 0.677 bits per heavy atom. The molecule has 31 heavy (non-hydrogen) atoms. The summed E-state index contributed by atoms with van der Waals surface area (Å²) in [5, 5.41) is 0. The third-order valence-corrected chi connectivity index (χ3v) is 6.96. The minimum absolute atomic E-state index is 0.111. The molecule has 0 amide bonds. The fourth-order valence-electron chi connectivity index (χ4n) is 3.44. The van der Waals surface area contributed by atoms with Gasteiger partial charge in [-0.15, -0.1) is 11.8 Å². The Balaban J connectivity index is 2.15. The summed E-state index contributed by atoms with van der Waals surface area (Å²) in [5.74, 6) is 1.08. The fraction of sp³-hybridized carbons (Fsp3) is 0.655. The molecular weight excluding hydrogens is 396 g/mol. The van der Waals surface area contributed by atoms with Gasteiger partial charge in [-0.2, -0.15) is 0 Å². The van der Waals surface area contributed by atoms with Crippen molar-refractivity contribution in [3.05, 3.63) is 57.6 Å². The molecule has 1 heterocycles. The van der Waals surface area contributed by atoms with Gasteiger partial charge in [0.15, 0.2) is 0 Å². The summed E-state index contributed by atoms with van der Waals surface area (Å²) in [6.45, 7) is 17.7. The lowest BCUT2D eigenvalue weighted by Gasteiger charge is -2.03. The molecule has 1 atom stereocenters. The number of hydrogen-bond acceptors (Lipinski definition) is 2. The zero-order chi connectivity index (χ0) is 23.3. The summed E-state index contributed by atoms with van der Waals surface area (Å²) in [6.07, 6.45) is 21.8. The van der Waals surface area contributed by atoms with Crippen LogP contribution < -0.4 is 0 Å². The maximum absolute atomic E-state index is 5.66. The van der Waals surface area contributed by atoms with Gasteiger partial charge in [-0.05, 0) is 112 Å². The standard InChI is InChI=1S/C29H48OS/c1-23(2)14-11-17-26(5)19-12-18-24(3)15-9-10-16-25(4)20-13-21-27(6)31-22-28-29(7,8)30-28/h14-16,19,21,28H,9-13,17-18,20,22H2,1-8H3/b24-15+,25-16+,26-19+,27-21+. The van der Waals surface area contributed by atoms with E-state index in [9.17, 15) is 0 Å². The summed E-state index contributed by atoms with van der Waals surface area (Å²) in [7, 11) is 0. The summed E-state index contributed by atoms with van der Waals surface area (Å²) in [5.41, 5.74) is 6.10. The Bertz CT molecular complexity index is 684. The van der Waals surface area contributed by atoms with Crippen LogP contribution in [0.1, 0.15) is 107 Å². The second kappa shape index (κ2) is 15.0. The molecule has 2 heteroatoms. The van der Waals surface area contributed by atoms with Crippen LogP contribution in [0.15, 0.2) is 57.6 Å². The Morgan fingerprint density at radius 3 is 1.55 bits per heavy atom. The van der Waals surface area contributed by atoms with Gasteiger partial charge in [0.05, 0.1) is 11.7 Å². The Hall–Kier alpha value is -0.990. The van der Waals surface area contributed by atoms with Crippen LogP contribution in [-0.2, 0) is 4.74 Å². The first kappa shape index (κ1) is 28.0. The molecule has 0 aromatic rings. The van der Waals surface area contributed by atoms with Crippen molar-refractivity contribution in [3.63, 3.8) is 0 Å². The first-order valence-electron chi connectivity index (χ1n) is 12.2. The molecule has 1 unspecified atom stereocenters. The molecule has 0 aromatic carbocycles. The lowest BCUT2D eigenvalue weighted by atomic mass is 10.0. The van der Waals surface area contributed by atoms with Gasteiger partial charge in [-0.25, -0.2) is 0 Å². The van der Waals surface area contributed by atoms with E-state index in [1.807, 2.05) is 11.8 Å². The molecule has 0 saturated carbocycles. The predicted octanol–water partition coefficient (Wildman–Crippen LogP) is 9.73. The maximum atomic E-state index is 5.66. The molecule has 0 radical (unpaired) electrons. The van der Waals surface area contributed by atoms with Crippen LogP contribution in [0.5, 0.6) is 0 Å². The zero-order valence-electron chi connectivity index (χ0n) is 21.6. The van der Waals surface area contributed by atoms with Crippen molar-refractivity contribution in [3.8, 4) is 0 Å². The highest BCUT2D eigenvalue weighted by atomic mass is 32.2. The van der Waals surface area contributed by atoms with Crippen LogP contribution in [-0.4, -0.2) is 17.5 Å². The Kier molecular flexibility index (Phi) is 13.5. The summed E-state index contributed by atoms with van der Waals surface area (Å²) >= 11 is 1.94. The molecule has 1 aliphatic rings. The molecule has 0 spiro atoms. The summed E-state index contributed by atoms with van der Waals surface area (Å²) < 4.78 is 5.66. The molecule has 1 nitrogen and oxygen atoms in total. The summed E-state index contributed by atoms with van der Waals surface area (Å²) in [4.78, 5) is 1.43. The van der Waals surface area contributed by atoms with Crippen molar-refractivity contribution >= 4 is 11.8 Å². The lowest BCUT2D eigenvalue weighted by molar-refractivity contribution is 0.329. The van der Waals surface area contributed by atoms with E-state index >= 15 is 0 Å². The van der Waals surface area contributed by atoms with Crippen molar-refractivity contribution in [2.24, 2.45) is 0 Å². The first-order chi connectivity index (χ1) is 14.6. The molecule has 0 aromatic heterocycles. The third kappa shape index (κ3) is 14.6. The normalized spacial score (nSPS) is 19.5. The van der Waals surface area contributed by atoms with E-state index in [1.165, 1.54) is 59.3 Å². The molecule has 0 N–H and O–H groups in total. The topological polar surface area (TPSA) is 12.5 Å². The smallest absolute Gasteiger partial charge is 0.0961 e. The lowest BCUT2D eigenvalue weighted by Crippen LogP contribution is -2.04. The molecule has 1 aliphatic heterocycles. The highest BCUT2D eigenvalue weighted by molar-refractivity contribution is 8.03. The van der Waals surface area contributed by atoms with Crippen LogP contribution in [0.25, 0.3) is 0 Å². The largest absolute Gasteiger partial charge is 0.366 e. The maximum Gasteiger partial charge on any atom is 0.0961 e. The third-order valence-electron chi connectivity index (χ3n) is 5.87. The van der Waals surface area contributed by atoms with Gasteiger partial charge in [0.1, 0.15) is 0 Å². The van der Waals surface area contributed by atoms with Crippen LogP contribution in [0.3, 0.4) is 0 Å². The number of unbranched alkanes of at least 4 members (excludes halogenated alkanes) is 1. The predicted molar refractivity (Wildman–Crippen MR) is 143 cm³/mol. The van der Waals surface area contributed by atoms with Crippen LogP contribution in [0.2, 0.25) is 0 Å². The average Bonchev–Trinajstić information content (AvgIpc) is 3.30. The number of thioether (sulfide) groups is 1. The number of rotatable bonds is 15. The van der Waals surface area contributed by atoms with E-state index in [-0.39, 0.29) is 5.60 Å². The van der Waals surface area contributed by atoms with Crippen molar-refractivity contribution in [2.45, 2.75) is 118 Å². The van der Waals surface area contributed by atoms with Crippen molar-refractivity contribution < 1.29 is 4.74 Å². The van der Waals surface area contributed by atoms with Crippen LogP contribution in [0.4, 0.5) is 0 Å². The van der Waals surface area contributed by atoms with Gasteiger partial charge < -0.3 is 4.74 Å². The van der Waals surface area contributed by atoms with Crippen molar-refractivity contribution in [1.29, 1.82) is 0 Å². The van der Waals surface area contributed by atoms with E-state index in [1.54, 1.807) is 0 Å². The molecule has 0 bridgehead atoms. The number of ether oxygens (including phenoxy) is 1. The van der Waals surface area contributed by atoms with Gasteiger partial charge >= 0.3 is 0 Å². The molecule has 1 rings (SSSR count). The quantitative estimate of drug-likeness (QED) is 0.141. The molecular formula is C29H48OS. The first-order valence-corrected chi connectivity index (χ1v) is 13.2. The van der Waals surface area contributed by atoms with E-state index in [0.717, 1.165) is 25.0 Å². The van der Waals surface area contributed by atoms with E-state index < -0.39 is 0 Å². The van der Waals surface area contributed by atoms with Crippen LogP contribution in [0, 0.1) is 0 Å². The second-order valence-electron chi connectivity index (χ2n) is 9.96. The average molecular weight is 445 g/mol. The van der Waals surface area contributed by atoms with E-state index in [4.69, 9.17) is 4.74 Å². The number of hydrogen-bond donors (Lipinski definition) is 0. The second-order valence-corrected chi connectivity index (χ2v) is 11.2. The summed E-state index contributed by atoms with van der Waals surface area (Å²) in [6, 6.07) is 0. The number of allylic oxidation sites excluding steroid dienone is 10. The Labute approximate surface area is 198 Å². The molecule has 0 aliphatic carbocycles. The minimum Gasteiger partial charge on any atom is -0.366 e. The number of epoxide rings is 1. The molecule has 1 fully saturated rings. The van der Waals surface area contributed by atoms with Crippen molar-refractivity contribution in [1.82, 2.24) is 0 Å². The molecule has 1 saturated heterocycles. The zero-order valence-corrected chi connectivity index (χ0v) is 22.5. The monoisotopic (exact) mass is 444 g/mol.